The van der Waals surface area contributed by atoms with E-state index in [-0.39, 0.29) is 97.2 Å². The van der Waals surface area contributed by atoms with Gasteiger partial charge in [0, 0.05) is 0 Å². The molecule has 0 aromatic carbocycles. The fourth-order valence-electron chi connectivity index (χ4n) is 0. The minimum absolute atomic E-state index is 0. The fourth-order valence-corrected chi connectivity index (χ4v) is 0. The Balaban J connectivity index is -0.000000000238. The van der Waals surface area contributed by atoms with Gasteiger partial charge in [0.15, 0.2) is 0 Å². The second kappa shape index (κ2) is 134. The molecule has 0 spiro atoms. The Morgan fingerprint density at radius 2 is 0.778 bits per heavy atom. The molecule has 56 valence electrons. The van der Waals surface area contributed by atoms with Crippen LogP contribution in [0.1, 0.15) is 22.3 Å². The first-order valence-electron chi connectivity index (χ1n) is 0.500. The maximum atomic E-state index is 3.28. The van der Waals surface area contributed by atoms with E-state index < -0.39 is 0 Å². The molecule has 0 N–H and O–H groups in total. The van der Waals surface area contributed by atoms with Crippen molar-refractivity contribution in [1.29, 1.82) is 0 Å². The van der Waals surface area contributed by atoms with Crippen LogP contribution in [-0.2, 0) is 0 Å². The Hall–Kier alpha value is 2.77. The van der Waals surface area contributed by atoms with Crippen molar-refractivity contribution in [2.24, 2.45) is 0 Å². The molecule has 0 aromatic heterocycles. The van der Waals surface area contributed by atoms with Gasteiger partial charge in [-0.2, -0.15) is 0 Å². The molecule has 0 aliphatic rings. The van der Waals surface area contributed by atoms with Crippen LogP contribution in [0.15, 0.2) is 0 Å². The molecule has 0 fully saturated rings. The Kier molecular flexibility index (Phi) is 1430. The molecule has 0 aromatic rings. The Morgan fingerprint density at radius 3 is 0.778 bits per heavy atom. The maximum absolute atomic E-state index is 3.28. The third-order valence-corrected chi connectivity index (χ3v) is 0. The molecule has 0 amide bonds. The van der Waals surface area contributed by atoms with Gasteiger partial charge in [0.25, 0.3) is 0 Å². The van der Waals surface area contributed by atoms with Crippen LogP contribution in [0.2, 0.25) is 0 Å². The first kappa shape index (κ1) is 96.2. The fraction of sp³-hybridized carbons (Fsp3) is 0.750. The predicted molar refractivity (Wildman–Crippen MR) is 46.1 cm³/mol. The predicted octanol–water partition coefficient (Wildman–Crippen LogP) is -4.46. The minimum Gasteiger partial charge on any atom is -1.00 e. The summed E-state index contributed by atoms with van der Waals surface area (Å²) in [5, 5.41) is 0. The van der Waals surface area contributed by atoms with E-state index in [2.05, 4.69) is 4.64 Å². The van der Waals surface area contributed by atoms with Crippen molar-refractivity contribution in [1.82, 2.24) is 0 Å². The standard InChI is InChI=1S/3CH4.CH2.Ca.3ClH.Mg/h3*1H4;1H2;;3*1H;/q;;;;+2;;;;/p-2. The van der Waals surface area contributed by atoms with Crippen molar-refractivity contribution in [2.75, 3.05) is 0 Å². The third kappa shape index (κ3) is 108. The second-order valence-corrected chi connectivity index (χ2v) is 0. The molecule has 0 heterocycles. The van der Waals surface area contributed by atoms with Gasteiger partial charge in [-0.25, -0.2) is 0 Å². The topological polar surface area (TPSA) is 0 Å². The van der Waals surface area contributed by atoms with Crippen molar-refractivity contribution in [3.8, 4) is 0 Å². The molecular formula is C4H15CaCl3Mg. The second-order valence-electron chi connectivity index (χ2n) is 0. The quantitative estimate of drug-likeness (QED) is 0.371. The van der Waals surface area contributed by atoms with Crippen LogP contribution < -0.4 is 24.8 Å². The summed E-state index contributed by atoms with van der Waals surface area (Å²) in [6.45, 7) is 0. The molecule has 0 nitrogen and oxygen atoms in total. The Labute approximate surface area is 121 Å². The van der Waals surface area contributed by atoms with Crippen LogP contribution >= 0.6 is 12.4 Å². The number of hydrogen-bond acceptors (Lipinski definition) is 0. The largest absolute Gasteiger partial charge is 2.00 e. The van der Waals surface area contributed by atoms with Crippen LogP contribution in [0.25, 0.3) is 0 Å². The summed E-state index contributed by atoms with van der Waals surface area (Å²) in [6, 6.07) is 0. The van der Waals surface area contributed by atoms with Crippen LogP contribution in [0.4, 0.5) is 0 Å². The molecule has 9 heavy (non-hydrogen) atoms. The van der Waals surface area contributed by atoms with Gasteiger partial charge in [0.2, 0.25) is 0 Å². The van der Waals surface area contributed by atoms with Gasteiger partial charge in [-0.05, 0) is 0 Å². The van der Waals surface area contributed by atoms with Crippen molar-refractivity contribution in [3.05, 3.63) is 0 Å². The van der Waals surface area contributed by atoms with Gasteiger partial charge < -0.3 is 24.8 Å². The first-order valence-corrected chi connectivity index (χ1v) is 1.50. The number of hydrogen-bond donors (Lipinski definition) is 0. The molecule has 0 radical (unpaired) electrons. The van der Waals surface area contributed by atoms with Gasteiger partial charge in [-0.1, -0.05) is 22.3 Å². The molecule has 5 heteroatoms. The average molecular weight is 234 g/mol. The molecule has 0 saturated carbocycles. The van der Waals surface area contributed by atoms with E-state index in [0.29, 0.717) is 0 Å². The smallest absolute Gasteiger partial charge is 1.00 e. The summed E-state index contributed by atoms with van der Waals surface area (Å²) in [5.74, 6) is 0. The molecule has 0 saturated heterocycles. The minimum atomic E-state index is 0. The van der Waals surface area contributed by atoms with E-state index in [1.807, 2.05) is 0 Å². The SMILES string of the molecule is C.C.C.Cl.[CH2]=[Mg].[Ca+2].[Cl-].[Cl-]. The third-order valence-electron chi connectivity index (χ3n) is 0. The summed E-state index contributed by atoms with van der Waals surface area (Å²) >= 11 is 1.61. The van der Waals surface area contributed by atoms with E-state index in [0.717, 1.165) is 0 Å². The van der Waals surface area contributed by atoms with Crippen molar-refractivity contribution >= 4 is 76.0 Å². The monoisotopic (exact) mass is 232 g/mol. The summed E-state index contributed by atoms with van der Waals surface area (Å²) < 4.78 is 3.28. The zero-order chi connectivity index (χ0) is 2.00. The van der Waals surface area contributed by atoms with Gasteiger partial charge in [0.1, 0.15) is 0 Å². The number of halogens is 3. The molecule has 0 unspecified atom stereocenters. The molecular weight excluding hydrogens is 219 g/mol. The maximum Gasteiger partial charge on any atom is 2.00 e. The Bertz CT molecular complexity index is 15.8. The molecule has 0 aliphatic carbocycles. The van der Waals surface area contributed by atoms with E-state index >= 15 is 0 Å². The van der Waals surface area contributed by atoms with Gasteiger partial charge in [-0.3, -0.25) is 0 Å². The summed E-state index contributed by atoms with van der Waals surface area (Å²) in [5.41, 5.74) is 0. The van der Waals surface area contributed by atoms with Crippen LogP contribution in [0.5, 0.6) is 0 Å². The van der Waals surface area contributed by atoms with E-state index in [1.54, 1.807) is 21.2 Å². The van der Waals surface area contributed by atoms with Crippen molar-refractivity contribution < 1.29 is 24.8 Å². The van der Waals surface area contributed by atoms with Crippen molar-refractivity contribution in [3.63, 3.8) is 0 Å². The van der Waals surface area contributed by atoms with Gasteiger partial charge in [0.05, 0.1) is 0 Å². The van der Waals surface area contributed by atoms with Gasteiger partial charge >= 0.3 is 63.6 Å². The van der Waals surface area contributed by atoms with E-state index in [1.165, 1.54) is 0 Å². The normalized spacial score (nSPS) is 0.667. The van der Waals surface area contributed by atoms with Gasteiger partial charge in [-0.15, -0.1) is 12.4 Å². The number of rotatable bonds is 0. The zero-order valence-electron chi connectivity index (χ0n) is 3.29. The first-order chi connectivity index (χ1) is 1.00. The zero-order valence-corrected chi connectivity index (χ0v) is 9.24. The molecule has 0 atom stereocenters. The summed E-state index contributed by atoms with van der Waals surface area (Å²) in [6.07, 6.45) is 0. The van der Waals surface area contributed by atoms with E-state index in [9.17, 15) is 0 Å². The van der Waals surface area contributed by atoms with Crippen LogP contribution in [-0.4, -0.2) is 63.6 Å². The van der Waals surface area contributed by atoms with Crippen molar-refractivity contribution in [2.45, 2.75) is 22.3 Å². The average Bonchev–Trinajstić information content (AvgIpc) is 1.00. The van der Waals surface area contributed by atoms with E-state index in [4.69, 9.17) is 0 Å². The molecule has 0 bridgehead atoms. The molecule has 0 rings (SSSR count). The summed E-state index contributed by atoms with van der Waals surface area (Å²) in [4.78, 5) is 0. The summed E-state index contributed by atoms with van der Waals surface area (Å²) in [7, 11) is 0. The Morgan fingerprint density at radius 1 is 0.778 bits per heavy atom. The van der Waals surface area contributed by atoms with Crippen LogP contribution in [0, 0.1) is 0 Å². The molecule has 0 aliphatic heterocycles. The van der Waals surface area contributed by atoms with Crippen LogP contribution in [0.3, 0.4) is 0 Å².